The lowest BCUT2D eigenvalue weighted by Gasteiger charge is -2.20. The number of ether oxygens (including phenoxy) is 2. The summed E-state index contributed by atoms with van der Waals surface area (Å²) in [5.41, 5.74) is 5.36. The predicted molar refractivity (Wildman–Crippen MR) is 73.3 cm³/mol. The minimum Gasteiger partial charge on any atom is -0.394 e. The Bertz CT molecular complexity index is 633. The van der Waals surface area contributed by atoms with Gasteiger partial charge in [0.15, 0.2) is 6.23 Å². The number of aliphatic hydroxyl groups excluding tert-OH is 2. The monoisotopic (exact) mass is 295 g/mol. The van der Waals surface area contributed by atoms with E-state index < -0.39 is 36.8 Å². The van der Waals surface area contributed by atoms with Crippen molar-refractivity contribution in [3.8, 4) is 11.8 Å². The standard InChI is InChI=1S/C13H17N3O5/c1-3-4-7-5-16(13(19)15-11(7)14)12-10(20-2)9(18)8(6-17)21-12/h5,8-10,12,17-18H,6H2,1-2H3,(H2,14,15,19)/t8-,9+,10-,12-/m1/s1. The fourth-order valence-corrected chi connectivity index (χ4v) is 2.24. The molecule has 8 heteroatoms. The molecular weight excluding hydrogens is 278 g/mol. The first-order valence-electron chi connectivity index (χ1n) is 6.32. The van der Waals surface area contributed by atoms with Gasteiger partial charge in [0.05, 0.1) is 12.2 Å². The van der Waals surface area contributed by atoms with E-state index in [4.69, 9.17) is 15.2 Å². The number of anilines is 1. The van der Waals surface area contributed by atoms with Gasteiger partial charge >= 0.3 is 5.69 Å². The number of nitrogens with zero attached hydrogens (tertiary/aromatic N) is 2. The van der Waals surface area contributed by atoms with Gasteiger partial charge in [-0.15, -0.1) is 5.92 Å². The topological polar surface area (TPSA) is 120 Å². The van der Waals surface area contributed by atoms with Gasteiger partial charge in [-0.3, -0.25) is 4.57 Å². The number of hydrogen-bond donors (Lipinski definition) is 3. The van der Waals surface area contributed by atoms with Gasteiger partial charge in [0.2, 0.25) is 0 Å². The molecule has 0 saturated carbocycles. The zero-order valence-electron chi connectivity index (χ0n) is 11.7. The highest BCUT2D eigenvalue weighted by atomic mass is 16.6. The summed E-state index contributed by atoms with van der Waals surface area (Å²) in [5.74, 6) is 5.42. The van der Waals surface area contributed by atoms with Crippen LogP contribution in [0.4, 0.5) is 5.82 Å². The molecule has 1 aliphatic heterocycles. The van der Waals surface area contributed by atoms with Crippen molar-refractivity contribution in [2.75, 3.05) is 19.5 Å². The number of methoxy groups -OCH3 is 1. The molecule has 4 atom stereocenters. The number of aromatic nitrogens is 2. The van der Waals surface area contributed by atoms with Crippen LogP contribution in [-0.4, -0.2) is 51.8 Å². The van der Waals surface area contributed by atoms with Crippen molar-refractivity contribution in [1.82, 2.24) is 9.55 Å². The number of aliphatic hydroxyl groups is 2. The van der Waals surface area contributed by atoms with Gasteiger partial charge in [-0.05, 0) is 6.92 Å². The Labute approximate surface area is 121 Å². The van der Waals surface area contributed by atoms with Crippen molar-refractivity contribution in [2.45, 2.75) is 31.5 Å². The molecule has 1 aromatic heterocycles. The minimum absolute atomic E-state index is 0.0248. The van der Waals surface area contributed by atoms with E-state index in [-0.39, 0.29) is 5.82 Å². The first-order chi connectivity index (χ1) is 10.0. The average Bonchev–Trinajstić information content (AvgIpc) is 2.78. The summed E-state index contributed by atoms with van der Waals surface area (Å²) < 4.78 is 11.8. The Kier molecular flexibility index (Phi) is 4.59. The summed E-state index contributed by atoms with van der Waals surface area (Å²) in [5, 5.41) is 19.2. The molecule has 2 rings (SSSR count). The van der Waals surface area contributed by atoms with Gasteiger partial charge in [0.25, 0.3) is 0 Å². The summed E-state index contributed by atoms with van der Waals surface area (Å²) in [7, 11) is 1.38. The number of hydrogen-bond acceptors (Lipinski definition) is 7. The van der Waals surface area contributed by atoms with Crippen LogP contribution in [0.5, 0.6) is 0 Å². The quantitative estimate of drug-likeness (QED) is 0.578. The third kappa shape index (κ3) is 2.77. The SMILES string of the molecule is CC#Cc1cn([C@@H]2O[C@H](CO)[C@H](O)[C@H]2OC)c(=O)nc1N. The number of nitrogens with two attached hydrogens (primary N) is 1. The molecule has 0 aliphatic carbocycles. The van der Waals surface area contributed by atoms with Crippen molar-refractivity contribution >= 4 is 5.82 Å². The summed E-state index contributed by atoms with van der Waals surface area (Å²) in [6.45, 7) is 1.24. The fourth-order valence-electron chi connectivity index (χ4n) is 2.24. The highest BCUT2D eigenvalue weighted by Crippen LogP contribution is 2.30. The molecule has 1 aliphatic rings. The second kappa shape index (κ2) is 6.24. The Balaban J connectivity index is 2.47. The van der Waals surface area contributed by atoms with Gasteiger partial charge in [0.1, 0.15) is 24.1 Å². The lowest BCUT2D eigenvalue weighted by molar-refractivity contribution is -0.0624. The molecule has 8 nitrogen and oxygen atoms in total. The summed E-state index contributed by atoms with van der Waals surface area (Å²) in [4.78, 5) is 15.7. The van der Waals surface area contributed by atoms with E-state index in [9.17, 15) is 15.0 Å². The van der Waals surface area contributed by atoms with E-state index in [2.05, 4.69) is 16.8 Å². The second-order valence-corrected chi connectivity index (χ2v) is 4.54. The third-order valence-electron chi connectivity index (χ3n) is 3.28. The molecule has 1 fully saturated rings. The van der Waals surface area contributed by atoms with Crippen LogP contribution in [0.2, 0.25) is 0 Å². The molecule has 21 heavy (non-hydrogen) atoms. The first kappa shape index (κ1) is 15.5. The van der Waals surface area contributed by atoms with Gasteiger partial charge in [-0.2, -0.15) is 4.98 Å². The molecule has 1 aromatic rings. The van der Waals surface area contributed by atoms with Crippen molar-refractivity contribution in [3.63, 3.8) is 0 Å². The van der Waals surface area contributed by atoms with Crippen LogP contribution in [-0.2, 0) is 9.47 Å². The van der Waals surface area contributed by atoms with Crippen LogP contribution in [0, 0.1) is 11.8 Å². The maximum absolute atomic E-state index is 12.0. The molecule has 0 bridgehead atoms. The Hall–Kier alpha value is -1.92. The lowest BCUT2D eigenvalue weighted by atomic mass is 10.1. The van der Waals surface area contributed by atoms with Crippen molar-refractivity contribution in [2.24, 2.45) is 0 Å². The van der Waals surface area contributed by atoms with Crippen molar-refractivity contribution < 1.29 is 19.7 Å². The third-order valence-corrected chi connectivity index (χ3v) is 3.28. The molecule has 0 unspecified atom stereocenters. The maximum atomic E-state index is 12.0. The number of rotatable bonds is 3. The van der Waals surface area contributed by atoms with Crippen LogP contribution in [0.1, 0.15) is 18.7 Å². The first-order valence-corrected chi connectivity index (χ1v) is 6.32. The normalized spacial score (nSPS) is 28.2. The molecule has 1 saturated heterocycles. The summed E-state index contributed by atoms with van der Waals surface area (Å²) in [6.07, 6.45) is -2.22. The van der Waals surface area contributed by atoms with Crippen molar-refractivity contribution in [1.29, 1.82) is 0 Å². The van der Waals surface area contributed by atoms with E-state index in [0.29, 0.717) is 5.56 Å². The Morgan fingerprint density at radius 1 is 1.62 bits per heavy atom. The van der Waals surface area contributed by atoms with Crippen LogP contribution >= 0.6 is 0 Å². The fraction of sp³-hybridized carbons (Fsp3) is 0.538. The molecule has 0 amide bonds. The molecule has 2 heterocycles. The van der Waals surface area contributed by atoms with Crippen LogP contribution < -0.4 is 11.4 Å². The van der Waals surface area contributed by atoms with E-state index in [1.807, 2.05) is 0 Å². The van der Waals surface area contributed by atoms with E-state index in [0.717, 1.165) is 4.57 Å². The Morgan fingerprint density at radius 2 is 2.33 bits per heavy atom. The van der Waals surface area contributed by atoms with Gasteiger partial charge < -0.3 is 25.4 Å². The molecule has 0 aromatic carbocycles. The lowest BCUT2D eigenvalue weighted by Crippen LogP contribution is -2.37. The molecule has 0 radical (unpaired) electrons. The van der Waals surface area contributed by atoms with Gasteiger partial charge in [-0.25, -0.2) is 4.79 Å². The average molecular weight is 295 g/mol. The zero-order chi connectivity index (χ0) is 15.6. The summed E-state index contributed by atoms with van der Waals surface area (Å²) >= 11 is 0. The highest BCUT2D eigenvalue weighted by Gasteiger charge is 2.45. The summed E-state index contributed by atoms with van der Waals surface area (Å²) in [6, 6.07) is 0. The van der Waals surface area contributed by atoms with Gasteiger partial charge in [-0.1, -0.05) is 5.92 Å². The number of nitrogen functional groups attached to an aromatic ring is 1. The van der Waals surface area contributed by atoms with E-state index >= 15 is 0 Å². The molecule has 4 N–H and O–H groups in total. The Morgan fingerprint density at radius 3 is 2.90 bits per heavy atom. The zero-order valence-corrected chi connectivity index (χ0v) is 11.7. The molecule has 114 valence electrons. The van der Waals surface area contributed by atoms with Crippen molar-refractivity contribution in [3.05, 3.63) is 22.2 Å². The van der Waals surface area contributed by atoms with Gasteiger partial charge in [0, 0.05) is 13.3 Å². The smallest absolute Gasteiger partial charge is 0.351 e. The van der Waals surface area contributed by atoms with Crippen LogP contribution in [0.25, 0.3) is 0 Å². The predicted octanol–water partition coefficient (Wildman–Crippen LogP) is -1.54. The van der Waals surface area contributed by atoms with Crippen LogP contribution in [0.3, 0.4) is 0 Å². The maximum Gasteiger partial charge on any atom is 0.351 e. The molecule has 0 spiro atoms. The van der Waals surface area contributed by atoms with Crippen LogP contribution in [0.15, 0.2) is 11.0 Å². The second-order valence-electron chi connectivity index (χ2n) is 4.54. The highest BCUT2D eigenvalue weighted by molar-refractivity contribution is 5.48. The largest absolute Gasteiger partial charge is 0.394 e. The van der Waals surface area contributed by atoms with E-state index in [1.54, 1.807) is 6.92 Å². The van der Waals surface area contributed by atoms with E-state index in [1.165, 1.54) is 13.3 Å². The molecular formula is C13H17N3O5. The minimum atomic E-state index is -1.06.